The summed E-state index contributed by atoms with van der Waals surface area (Å²) in [6, 6.07) is 5.81. The van der Waals surface area contributed by atoms with E-state index in [1.54, 1.807) is 18.3 Å². The summed E-state index contributed by atoms with van der Waals surface area (Å²) in [5.74, 6) is 0.474. The monoisotopic (exact) mass is 378 g/mol. The third-order valence-corrected chi connectivity index (χ3v) is 4.87. The van der Waals surface area contributed by atoms with Crippen LogP contribution in [-0.4, -0.2) is 28.5 Å². The topological polar surface area (TPSA) is 66.9 Å². The first-order valence-corrected chi connectivity index (χ1v) is 9.18. The van der Waals surface area contributed by atoms with Crippen molar-refractivity contribution < 1.29 is 4.79 Å². The zero-order valence-corrected chi connectivity index (χ0v) is 15.3. The fourth-order valence-electron chi connectivity index (χ4n) is 2.92. The highest BCUT2D eigenvalue weighted by molar-refractivity contribution is 6.35. The van der Waals surface area contributed by atoms with Gasteiger partial charge in [0, 0.05) is 22.6 Å². The van der Waals surface area contributed by atoms with E-state index in [-0.39, 0.29) is 5.91 Å². The number of aromatic nitrogens is 2. The van der Waals surface area contributed by atoms with Crippen LogP contribution in [0.1, 0.15) is 41.7 Å². The molecule has 1 aromatic carbocycles. The van der Waals surface area contributed by atoms with Gasteiger partial charge >= 0.3 is 0 Å². The highest BCUT2D eigenvalue weighted by Crippen LogP contribution is 2.22. The summed E-state index contributed by atoms with van der Waals surface area (Å²) >= 11 is 12.0. The number of carbonyl (C=O) groups excluding carboxylic acids is 1. The number of hydrogen-bond acceptors (Lipinski definition) is 4. The molecule has 1 aliphatic rings. The Hall–Kier alpha value is -1.85. The van der Waals surface area contributed by atoms with Gasteiger partial charge in [-0.05, 0) is 37.0 Å². The standard InChI is InChI=1S/C18H20Cl2N4O/c19-13-6-5-12(15(20)9-13)7-8-21-18(25)16-10-23-17(11-22-16)24-14-3-1-2-4-14/h5-6,9-11,14H,1-4,7-8H2,(H,21,25)(H,23,24). The number of halogens is 2. The van der Waals surface area contributed by atoms with E-state index in [0.717, 1.165) is 24.2 Å². The molecule has 1 aliphatic carbocycles. The molecule has 0 saturated heterocycles. The van der Waals surface area contributed by atoms with E-state index in [9.17, 15) is 4.79 Å². The minimum atomic E-state index is -0.245. The average Bonchev–Trinajstić information content (AvgIpc) is 3.10. The molecule has 1 saturated carbocycles. The molecule has 0 aliphatic heterocycles. The van der Waals surface area contributed by atoms with Crippen LogP contribution >= 0.6 is 23.2 Å². The van der Waals surface area contributed by atoms with Gasteiger partial charge in [-0.3, -0.25) is 4.79 Å². The molecule has 0 atom stereocenters. The van der Waals surface area contributed by atoms with Gasteiger partial charge in [0.2, 0.25) is 0 Å². The second-order valence-corrected chi connectivity index (χ2v) is 7.00. The summed E-state index contributed by atoms with van der Waals surface area (Å²) in [6.07, 6.45) is 8.57. The lowest BCUT2D eigenvalue weighted by atomic mass is 10.1. The maximum Gasteiger partial charge on any atom is 0.271 e. The zero-order valence-electron chi connectivity index (χ0n) is 13.8. The molecule has 5 nitrogen and oxygen atoms in total. The summed E-state index contributed by atoms with van der Waals surface area (Å²) < 4.78 is 0. The fraction of sp³-hybridized carbons (Fsp3) is 0.389. The Morgan fingerprint density at radius 1 is 1.16 bits per heavy atom. The number of amides is 1. The summed E-state index contributed by atoms with van der Waals surface area (Å²) in [7, 11) is 0. The van der Waals surface area contributed by atoms with Crippen LogP contribution in [0.2, 0.25) is 10.0 Å². The Morgan fingerprint density at radius 3 is 2.64 bits per heavy atom. The molecule has 1 heterocycles. The molecule has 3 rings (SSSR count). The quantitative estimate of drug-likeness (QED) is 0.793. The van der Waals surface area contributed by atoms with Crippen LogP contribution < -0.4 is 10.6 Å². The van der Waals surface area contributed by atoms with E-state index in [2.05, 4.69) is 20.6 Å². The number of carbonyl (C=O) groups is 1. The summed E-state index contributed by atoms with van der Waals surface area (Å²) in [6.45, 7) is 0.462. The van der Waals surface area contributed by atoms with Crippen LogP contribution in [0.3, 0.4) is 0 Å². The van der Waals surface area contributed by atoms with Gasteiger partial charge < -0.3 is 10.6 Å². The van der Waals surface area contributed by atoms with Crippen molar-refractivity contribution in [2.45, 2.75) is 38.1 Å². The molecular formula is C18H20Cl2N4O. The molecule has 0 radical (unpaired) electrons. The molecule has 0 bridgehead atoms. The number of benzene rings is 1. The van der Waals surface area contributed by atoms with E-state index >= 15 is 0 Å². The van der Waals surface area contributed by atoms with E-state index in [0.29, 0.717) is 34.7 Å². The molecule has 25 heavy (non-hydrogen) atoms. The highest BCUT2D eigenvalue weighted by Gasteiger charge is 2.15. The van der Waals surface area contributed by atoms with Crippen molar-refractivity contribution in [3.8, 4) is 0 Å². The van der Waals surface area contributed by atoms with E-state index in [4.69, 9.17) is 23.2 Å². The maximum absolute atomic E-state index is 12.1. The predicted molar refractivity (Wildman–Crippen MR) is 100 cm³/mol. The molecule has 2 N–H and O–H groups in total. The molecular weight excluding hydrogens is 359 g/mol. The lowest BCUT2D eigenvalue weighted by molar-refractivity contribution is 0.0949. The van der Waals surface area contributed by atoms with Crippen molar-refractivity contribution in [3.63, 3.8) is 0 Å². The third kappa shape index (κ3) is 5.06. The van der Waals surface area contributed by atoms with E-state index in [1.165, 1.54) is 19.0 Å². The van der Waals surface area contributed by atoms with Crippen molar-refractivity contribution in [1.82, 2.24) is 15.3 Å². The van der Waals surface area contributed by atoms with Gasteiger partial charge in [-0.15, -0.1) is 0 Å². The SMILES string of the molecule is O=C(NCCc1ccc(Cl)cc1Cl)c1cnc(NC2CCCC2)cn1. The van der Waals surface area contributed by atoms with Crippen LogP contribution in [0.5, 0.6) is 0 Å². The molecule has 2 aromatic rings. The van der Waals surface area contributed by atoms with Crippen LogP contribution in [-0.2, 0) is 6.42 Å². The summed E-state index contributed by atoms with van der Waals surface area (Å²) in [5, 5.41) is 7.38. The largest absolute Gasteiger partial charge is 0.366 e. The molecule has 1 aromatic heterocycles. The van der Waals surface area contributed by atoms with Crippen molar-refractivity contribution in [2.75, 3.05) is 11.9 Å². The molecule has 7 heteroatoms. The zero-order chi connectivity index (χ0) is 17.6. The second-order valence-electron chi connectivity index (χ2n) is 6.15. The lowest BCUT2D eigenvalue weighted by Gasteiger charge is -2.12. The molecule has 1 amide bonds. The smallest absolute Gasteiger partial charge is 0.271 e. The van der Waals surface area contributed by atoms with Crippen molar-refractivity contribution in [2.24, 2.45) is 0 Å². The van der Waals surface area contributed by atoms with Gasteiger partial charge in [0.15, 0.2) is 0 Å². The Morgan fingerprint density at radius 2 is 1.96 bits per heavy atom. The average molecular weight is 379 g/mol. The number of nitrogens with zero attached hydrogens (tertiary/aromatic N) is 2. The second kappa shape index (κ2) is 8.50. The van der Waals surface area contributed by atoms with Crippen LogP contribution in [0.15, 0.2) is 30.6 Å². The number of anilines is 1. The molecule has 0 unspecified atom stereocenters. The Labute approximate surface area is 157 Å². The third-order valence-electron chi connectivity index (χ3n) is 4.29. The highest BCUT2D eigenvalue weighted by atomic mass is 35.5. The van der Waals surface area contributed by atoms with Gasteiger partial charge in [-0.2, -0.15) is 0 Å². The Balaban J connectivity index is 1.49. The van der Waals surface area contributed by atoms with Crippen LogP contribution in [0.4, 0.5) is 5.82 Å². The Kier molecular flexibility index (Phi) is 6.10. The van der Waals surface area contributed by atoms with Crippen LogP contribution in [0, 0.1) is 0 Å². The van der Waals surface area contributed by atoms with Gasteiger partial charge in [-0.1, -0.05) is 42.1 Å². The van der Waals surface area contributed by atoms with Gasteiger partial charge in [-0.25, -0.2) is 9.97 Å². The van der Waals surface area contributed by atoms with Gasteiger partial charge in [0.1, 0.15) is 11.5 Å². The summed E-state index contributed by atoms with van der Waals surface area (Å²) in [5.41, 5.74) is 1.24. The van der Waals surface area contributed by atoms with E-state index in [1.807, 2.05) is 6.07 Å². The van der Waals surface area contributed by atoms with Crippen molar-refractivity contribution in [1.29, 1.82) is 0 Å². The first-order valence-electron chi connectivity index (χ1n) is 8.42. The number of rotatable bonds is 6. The first kappa shape index (κ1) is 18.0. The fourth-order valence-corrected chi connectivity index (χ4v) is 3.43. The minimum Gasteiger partial charge on any atom is -0.366 e. The van der Waals surface area contributed by atoms with Gasteiger partial charge in [0.05, 0.1) is 12.4 Å². The van der Waals surface area contributed by atoms with Crippen LogP contribution in [0.25, 0.3) is 0 Å². The first-order chi connectivity index (χ1) is 12.1. The van der Waals surface area contributed by atoms with E-state index < -0.39 is 0 Å². The molecule has 0 spiro atoms. The van der Waals surface area contributed by atoms with Crippen molar-refractivity contribution in [3.05, 3.63) is 51.9 Å². The maximum atomic E-state index is 12.1. The summed E-state index contributed by atoms with van der Waals surface area (Å²) in [4.78, 5) is 20.6. The molecule has 1 fully saturated rings. The minimum absolute atomic E-state index is 0.245. The number of hydrogen-bond donors (Lipinski definition) is 2. The number of nitrogens with one attached hydrogen (secondary N) is 2. The van der Waals surface area contributed by atoms with Gasteiger partial charge in [0.25, 0.3) is 5.91 Å². The lowest BCUT2D eigenvalue weighted by Crippen LogP contribution is -2.27. The molecule has 132 valence electrons. The predicted octanol–water partition coefficient (Wildman–Crippen LogP) is 4.11. The Bertz CT molecular complexity index is 730. The normalized spacial score (nSPS) is 14.5. The van der Waals surface area contributed by atoms with Crippen molar-refractivity contribution >= 4 is 34.9 Å².